The van der Waals surface area contributed by atoms with Gasteiger partial charge in [-0.1, -0.05) is 6.07 Å². The van der Waals surface area contributed by atoms with E-state index in [4.69, 9.17) is 4.74 Å². The molecule has 0 atom stereocenters. The molecular formula is C11H11N3O3. The number of aromatic nitrogens is 2. The molecule has 0 unspecified atom stereocenters. The summed E-state index contributed by atoms with van der Waals surface area (Å²) in [6, 6.07) is 5.30. The number of nitroso groups, excluding NO2 is 1. The summed E-state index contributed by atoms with van der Waals surface area (Å²) in [5.74, 6) is -0.269. The van der Waals surface area contributed by atoms with E-state index >= 15 is 0 Å². The molecule has 0 aliphatic carbocycles. The van der Waals surface area contributed by atoms with E-state index in [1.807, 2.05) is 0 Å². The van der Waals surface area contributed by atoms with Gasteiger partial charge in [-0.2, -0.15) is 0 Å². The van der Waals surface area contributed by atoms with Crippen LogP contribution in [-0.2, 0) is 16.0 Å². The lowest BCUT2D eigenvalue weighted by atomic mass is 10.3. The largest absolute Gasteiger partial charge is 0.466 e. The van der Waals surface area contributed by atoms with E-state index in [2.05, 4.69) is 10.2 Å². The van der Waals surface area contributed by atoms with Crippen LogP contribution in [-0.4, -0.2) is 22.0 Å². The number of rotatable bonds is 4. The maximum absolute atomic E-state index is 11.3. The third kappa shape index (κ3) is 2.15. The Kier molecular flexibility index (Phi) is 3.13. The molecule has 17 heavy (non-hydrogen) atoms. The first-order valence-corrected chi connectivity index (χ1v) is 5.21. The molecule has 0 bridgehead atoms. The molecule has 0 fully saturated rings. The number of imidazole rings is 1. The summed E-state index contributed by atoms with van der Waals surface area (Å²) in [6.07, 6.45) is 1.63. The van der Waals surface area contributed by atoms with Crippen molar-refractivity contribution in [1.29, 1.82) is 0 Å². The van der Waals surface area contributed by atoms with Crippen molar-refractivity contribution in [2.75, 3.05) is 6.61 Å². The Hall–Kier alpha value is -2.24. The molecule has 0 N–H and O–H groups in total. The molecule has 0 saturated heterocycles. The van der Waals surface area contributed by atoms with Crippen LogP contribution in [0, 0.1) is 4.91 Å². The first-order chi connectivity index (χ1) is 8.26. The van der Waals surface area contributed by atoms with Crippen LogP contribution in [0.25, 0.3) is 5.65 Å². The van der Waals surface area contributed by atoms with Crippen LogP contribution in [0.5, 0.6) is 0 Å². The number of hydrogen-bond acceptors (Lipinski definition) is 5. The highest BCUT2D eigenvalue weighted by Crippen LogP contribution is 2.21. The molecule has 88 valence electrons. The Morgan fingerprint density at radius 2 is 2.35 bits per heavy atom. The van der Waals surface area contributed by atoms with Crippen LogP contribution < -0.4 is 0 Å². The minimum absolute atomic E-state index is 0.0450. The Balaban J connectivity index is 2.39. The van der Waals surface area contributed by atoms with E-state index in [0.29, 0.717) is 17.9 Å². The second-order valence-corrected chi connectivity index (χ2v) is 3.38. The molecule has 2 aromatic heterocycles. The Morgan fingerprint density at radius 1 is 1.53 bits per heavy atom. The van der Waals surface area contributed by atoms with Gasteiger partial charge in [0.1, 0.15) is 11.3 Å². The smallest absolute Gasteiger partial charge is 0.312 e. The molecule has 0 aromatic carbocycles. The van der Waals surface area contributed by atoms with Gasteiger partial charge >= 0.3 is 5.97 Å². The van der Waals surface area contributed by atoms with E-state index < -0.39 is 5.97 Å². The number of pyridine rings is 1. The molecule has 0 aliphatic heterocycles. The van der Waals surface area contributed by atoms with Gasteiger partial charge in [-0.15, -0.1) is 4.91 Å². The number of fused-ring (bicyclic) bond motifs is 1. The molecular weight excluding hydrogens is 222 g/mol. The maximum Gasteiger partial charge on any atom is 0.312 e. The summed E-state index contributed by atoms with van der Waals surface area (Å²) >= 11 is 0. The van der Waals surface area contributed by atoms with Gasteiger partial charge in [0.15, 0.2) is 0 Å². The molecule has 2 aromatic rings. The number of nitrogens with zero attached hydrogens (tertiary/aromatic N) is 3. The third-order valence-corrected chi connectivity index (χ3v) is 2.28. The second kappa shape index (κ2) is 4.73. The predicted octanol–water partition coefficient (Wildman–Crippen LogP) is 1.84. The Morgan fingerprint density at radius 3 is 3.06 bits per heavy atom. The van der Waals surface area contributed by atoms with E-state index in [-0.39, 0.29) is 12.2 Å². The summed E-state index contributed by atoms with van der Waals surface area (Å²) < 4.78 is 6.35. The van der Waals surface area contributed by atoms with Gasteiger partial charge in [0.25, 0.3) is 0 Å². The van der Waals surface area contributed by atoms with Gasteiger partial charge in [0.05, 0.1) is 13.0 Å². The number of ether oxygens (including phenoxy) is 1. The third-order valence-electron chi connectivity index (χ3n) is 2.28. The van der Waals surface area contributed by atoms with E-state index in [9.17, 15) is 9.70 Å². The summed E-state index contributed by atoms with van der Waals surface area (Å²) in [5, 5.41) is 2.91. The lowest BCUT2D eigenvalue weighted by Gasteiger charge is -1.98. The minimum atomic E-state index is -0.416. The van der Waals surface area contributed by atoms with Crippen molar-refractivity contribution in [3.63, 3.8) is 0 Å². The molecule has 6 heteroatoms. The van der Waals surface area contributed by atoms with Crippen LogP contribution in [0.2, 0.25) is 0 Å². The van der Waals surface area contributed by atoms with E-state index in [1.165, 1.54) is 0 Å². The van der Waals surface area contributed by atoms with Crippen LogP contribution >= 0.6 is 0 Å². The number of carbonyl (C=O) groups is 1. The van der Waals surface area contributed by atoms with E-state index in [0.717, 1.165) is 0 Å². The minimum Gasteiger partial charge on any atom is -0.466 e. The standard InChI is InChI=1S/C11H11N3O3/c1-2-17-10(15)7-8-11(13-16)14-6-4-3-5-9(14)12-8/h3-6H,2,7H2,1H3. The van der Waals surface area contributed by atoms with Crippen molar-refractivity contribution in [2.24, 2.45) is 5.18 Å². The number of carbonyl (C=O) groups excluding carboxylic acids is 1. The highest BCUT2D eigenvalue weighted by atomic mass is 16.5. The second-order valence-electron chi connectivity index (χ2n) is 3.38. The number of hydrogen-bond donors (Lipinski definition) is 0. The van der Waals surface area contributed by atoms with Crippen molar-refractivity contribution in [2.45, 2.75) is 13.3 Å². The van der Waals surface area contributed by atoms with Gasteiger partial charge in [0.2, 0.25) is 5.82 Å². The zero-order valence-electron chi connectivity index (χ0n) is 9.29. The van der Waals surface area contributed by atoms with Crippen molar-refractivity contribution in [3.05, 3.63) is 35.0 Å². The van der Waals surface area contributed by atoms with Crippen LogP contribution in [0.3, 0.4) is 0 Å². The summed E-state index contributed by atoms with van der Waals surface area (Å²) in [4.78, 5) is 26.3. The topological polar surface area (TPSA) is 73.0 Å². The van der Waals surface area contributed by atoms with Crippen LogP contribution in [0.4, 0.5) is 5.82 Å². The average molecular weight is 233 g/mol. The summed E-state index contributed by atoms with van der Waals surface area (Å²) in [5.41, 5.74) is 0.922. The lowest BCUT2D eigenvalue weighted by Crippen LogP contribution is -2.07. The van der Waals surface area contributed by atoms with Gasteiger partial charge in [-0.25, -0.2) is 4.98 Å². The van der Waals surface area contributed by atoms with Crippen LogP contribution in [0.1, 0.15) is 12.6 Å². The first-order valence-electron chi connectivity index (χ1n) is 5.21. The molecule has 0 spiro atoms. The van der Waals surface area contributed by atoms with Crippen molar-refractivity contribution >= 4 is 17.4 Å². The highest BCUT2D eigenvalue weighted by Gasteiger charge is 2.16. The fraction of sp³-hybridized carbons (Fsp3) is 0.273. The summed E-state index contributed by atoms with van der Waals surface area (Å²) in [6.45, 7) is 2.02. The predicted molar refractivity (Wildman–Crippen MR) is 61.0 cm³/mol. The normalized spacial score (nSPS) is 10.4. The fourth-order valence-corrected chi connectivity index (χ4v) is 1.60. The van der Waals surface area contributed by atoms with E-state index in [1.54, 1.807) is 35.7 Å². The lowest BCUT2D eigenvalue weighted by molar-refractivity contribution is -0.142. The average Bonchev–Trinajstić information content (AvgIpc) is 2.66. The molecule has 0 radical (unpaired) electrons. The Bertz CT molecular complexity index is 562. The molecule has 6 nitrogen and oxygen atoms in total. The molecule has 0 amide bonds. The number of esters is 1. The van der Waals surface area contributed by atoms with Crippen LogP contribution in [0.15, 0.2) is 29.6 Å². The van der Waals surface area contributed by atoms with Crippen molar-refractivity contribution in [1.82, 2.24) is 9.38 Å². The molecule has 2 heterocycles. The monoisotopic (exact) mass is 233 g/mol. The fourth-order valence-electron chi connectivity index (χ4n) is 1.60. The van der Waals surface area contributed by atoms with Gasteiger partial charge in [0, 0.05) is 6.20 Å². The van der Waals surface area contributed by atoms with Crippen molar-refractivity contribution < 1.29 is 9.53 Å². The quantitative estimate of drug-likeness (QED) is 0.596. The highest BCUT2D eigenvalue weighted by molar-refractivity contribution is 5.74. The zero-order chi connectivity index (χ0) is 12.3. The summed E-state index contributed by atoms with van der Waals surface area (Å²) in [7, 11) is 0. The molecule has 0 saturated carbocycles. The van der Waals surface area contributed by atoms with Gasteiger partial charge in [-0.05, 0) is 24.2 Å². The maximum atomic E-state index is 11.3. The Labute approximate surface area is 97.2 Å². The zero-order valence-corrected chi connectivity index (χ0v) is 9.29. The van der Waals surface area contributed by atoms with Crippen molar-refractivity contribution in [3.8, 4) is 0 Å². The van der Waals surface area contributed by atoms with Gasteiger partial charge in [-0.3, -0.25) is 9.20 Å². The first kappa shape index (κ1) is 11.3. The molecule has 0 aliphatic rings. The van der Waals surface area contributed by atoms with Gasteiger partial charge < -0.3 is 4.74 Å². The molecule has 2 rings (SSSR count). The SMILES string of the molecule is CCOC(=O)Cc1nc2ccccn2c1N=O.